The number of hydrogen-bond donors (Lipinski definition) is 1. The Balaban J connectivity index is 0.000000195. The largest absolute Gasteiger partial charge is 0.472 e. The molecule has 5 aromatic rings. The smallest absolute Gasteiger partial charge is 0.349 e. The van der Waals surface area contributed by atoms with Crippen LogP contribution in [0.15, 0.2) is 75.8 Å². The lowest BCUT2D eigenvalue weighted by atomic mass is 10.1. The first-order chi connectivity index (χ1) is 18.0. The van der Waals surface area contributed by atoms with E-state index in [1.165, 1.54) is 7.11 Å². The summed E-state index contributed by atoms with van der Waals surface area (Å²) in [6, 6.07) is 21.0. The van der Waals surface area contributed by atoms with E-state index >= 15 is 0 Å². The zero-order valence-corrected chi connectivity index (χ0v) is 21.3. The molecule has 0 aliphatic rings. The van der Waals surface area contributed by atoms with Crippen LogP contribution in [0, 0.1) is 13.8 Å². The minimum Gasteiger partial charge on any atom is -0.472 e. The van der Waals surface area contributed by atoms with Gasteiger partial charge in [-0.1, -0.05) is 71.0 Å². The fraction of sp³-hybridized carbons (Fsp3) is 0.185. The summed E-state index contributed by atoms with van der Waals surface area (Å²) in [6.07, 6.45) is 0. The molecular formula is C27H25N3O6S. The highest BCUT2D eigenvalue weighted by Gasteiger charge is 2.17. The molecule has 3 aromatic heterocycles. The van der Waals surface area contributed by atoms with Crippen molar-refractivity contribution in [2.75, 3.05) is 7.11 Å². The highest BCUT2D eigenvalue weighted by molar-refractivity contribution is 7.08. The molecule has 0 bridgehead atoms. The second-order valence-corrected chi connectivity index (χ2v) is 8.64. The van der Waals surface area contributed by atoms with Gasteiger partial charge in [0.05, 0.1) is 19.3 Å². The zero-order valence-electron chi connectivity index (χ0n) is 20.5. The molecule has 0 saturated heterocycles. The number of hydrogen-bond acceptors (Lipinski definition) is 10. The first kappa shape index (κ1) is 25.8. The van der Waals surface area contributed by atoms with E-state index in [0.717, 1.165) is 45.2 Å². The Bertz CT molecular complexity index is 1440. The number of esters is 1. The van der Waals surface area contributed by atoms with Crippen LogP contribution in [0.5, 0.6) is 5.88 Å². The van der Waals surface area contributed by atoms with Crippen LogP contribution in [0.25, 0.3) is 22.5 Å². The van der Waals surface area contributed by atoms with Gasteiger partial charge in [-0.3, -0.25) is 0 Å². The molecule has 3 heterocycles. The topological polar surface area (TPSA) is 121 Å². The molecule has 2 aromatic carbocycles. The highest BCUT2D eigenvalue weighted by Crippen LogP contribution is 2.27. The lowest BCUT2D eigenvalue weighted by Gasteiger charge is -2.03. The van der Waals surface area contributed by atoms with E-state index < -0.39 is 5.97 Å². The van der Waals surface area contributed by atoms with Crippen LogP contribution >= 0.6 is 11.5 Å². The first-order valence-electron chi connectivity index (χ1n) is 11.3. The van der Waals surface area contributed by atoms with Crippen molar-refractivity contribution in [3.8, 4) is 28.4 Å². The summed E-state index contributed by atoms with van der Waals surface area (Å²) >= 11 is 1.04. The van der Waals surface area contributed by atoms with Gasteiger partial charge >= 0.3 is 5.97 Å². The Labute approximate surface area is 217 Å². The molecule has 0 aliphatic carbocycles. The Hall–Kier alpha value is -4.28. The molecule has 10 heteroatoms. The van der Waals surface area contributed by atoms with Crippen LogP contribution in [0.3, 0.4) is 0 Å². The third-order valence-corrected chi connectivity index (χ3v) is 6.21. The van der Waals surface area contributed by atoms with Gasteiger partial charge in [0, 0.05) is 22.8 Å². The molecule has 190 valence electrons. The zero-order chi connectivity index (χ0) is 26.2. The molecule has 5 rings (SSSR count). The molecule has 0 radical (unpaired) electrons. The third-order valence-electron chi connectivity index (χ3n) is 5.46. The van der Waals surface area contributed by atoms with Crippen LogP contribution < -0.4 is 4.74 Å². The lowest BCUT2D eigenvalue weighted by Crippen LogP contribution is -1.99. The number of rotatable bonds is 7. The van der Waals surface area contributed by atoms with E-state index in [4.69, 9.17) is 18.9 Å². The SMILES string of the molecule is COC(=O)c1cc(OCc2c(-c3ccccc3)noc2C)ns1.Cc1onc(-c2ccccc2)c1CO. The average Bonchev–Trinajstić information content (AvgIpc) is 3.66. The second kappa shape index (κ2) is 12.1. The van der Waals surface area contributed by atoms with Crippen molar-refractivity contribution in [2.45, 2.75) is 27.1 Å². The molecule has 0 fully saturated rings. The number of aliphatic hydroxyl groups is 1. The van der Waals surface area contributed by atoms with Gasteiger partial charge in [-0.2, -0.15) is 4.37 Å². The molecule has 0 amide bonds. The molecule has 0 spiro atoms. The van der Waals surface area contributed by atoms with Crippen molar-refractivity contribution >= 4 is 17.5 Å². The minimum atomic E-state index is -0.427. The van der Waals surface area contributed by atoms with Crippen molar-refractivity contribution in [3.05, 3.63) is 94.3 Å². The third kappa shape index (κ3) is 6.11. The standard InChI is InChI=1S/C16H14N2O4S.C11H11NO2/c1-10-12(15(17-22-10)11-6-4-3-5-7-11)9-21-14-8-13(23-18-14)16(19)20-2;1-8-10(7-13)11(12-14-8)9-5-3-2-4-6-9/h3-8H,9H2,1-2H3;2-6,13H,7H2,1H3. The quantitative estimate of drug-likeness (QED) is 0.273. The number of benzene rings is 2. The van der Waals surface area contributed by atoms with E-state index in [-0.39, 0.29) is 13.2 Å². The number of carbonyl (C=O) groups is 1. The first-order valence-corrected chi connectivity index (χ1v) is 12.1. The molecule has 0 atom stereocenters. The van der Waals surface area contributed by atoms with E-state index in [1.54, 1.807) is 13.0 Å². The normalized spacial score (nSPS) is 10.5. The molecule has 0 saturated carbocycles. The summed E-state index contributed by atoms with van der Waals surface area (Å²) in [6.45, 7) is 3.84. The van der Waals surface area contributed by atoms with Gasteiger partial charge in [0.1, 0.15) is 34.4 Å². The van der Waals surface area contributed by atoms with Crippen molar-refractivity contribution in [1.29, 1.82) is 0 Å². The Morgan fingerprint density at radius 3 is 1.97 bits per heavy atom. The summed E-state index contributed by atoms with van der Waals surface area (Å²) in [5, 5.41) is 17.2. The highest BCUT2D eigenvalue weighted by atomic mass is 32.1. The van der Waals surface area contributed by atoms with Gasteiger partial charge in [0.2, 0.25) is 5.88 Å². The number of nitrogens with zero attached hydrogens (tertiary/aromatic N) is 3. The van der Waals surface area contributed by atoms with Crippen LogP contribution in [-0.4, -0.2) is 32.9 Å². The minimum absolute atomic E-state index is 0.0421. The maximum Gasteiger partial charge on any atom is 0.349 e. The predicted octanol–water partition coefficient (Wildman–Crippen LogP) is 5.61. The van der Waals surface area contributed by atoms with Gasteiger partial charge in [-0.05, 0) is 25.4 Å². The number of ether oxygens (including phenoxy) is 2. The van der Waals surface area contributed by atoms with E-state index in [1.807, 2.05) is 67.6 Å². The predicted molar refractivity (Wildman–Crippen MR) is 137 cm³/mol. The molecule has 1 N–H and O–H groups in total. The maximum atomic E-state index is 11.4. The molecule has 9 nitrogen and oxygen atoms in total. The van der Waals surface area contributed by atoms with Gasteiger partial charge in [0.15, 0.2) is 0 Å². The van der Waals surface area contributed by atoms with Crippen molar-refractivity contribution in [1.82, 2.24) is 14.7 Å². The van der Waals surface area contributed by atoms with Gasteiger partial charge in [-0.25, -0.2) is 4.79 Å². The van der Waals surface area contributed by atoms with Crippen LogP contribution in [0.1, 0.15) is 32.3 Å². The molecule has 0 aliphatic heterocycles. The van der Waals surface area contributed by atoms with E-state index in [0.29, 0.717) is 22.3 Å². The number of aryl methyl sites for hydroxylation is 2. The van der Waals surface area contributed by atoms with Crippen LogP contribution in [0.4, 0.5) is 0 Å². The fourth-order valence-electron chi connectivity index (χ4n) is 3.45. The summed E-state index contributed by atoms with van der Waals surface area (Å²) < 4.78 is 24.7. The summed E-state index contributed by atoms with van der Waals surface area (Å²) in [4.78, 5) is 11.8. The van der Waals surface area contributed by atoms with Crippen LogP contribution in [-0.2, 0) is 18.0 Å². The second-order valence-electron chi connectivity index (χ2n) is 7.83. The number of aromatic nitrogens is 3. The molecule has 37 heavy (non-hydrogen) atoms. The number of methoxy groups -OCH3 is 1. The summed E-state index contributed by atoms with van der Waals surface area (Å²) in [7, 11) is 1.33. The lowest BCUT2D eigenvalue weighted by molar-refractivity contribution is 0.0606. The van der Waals surface area contributed by atoms with E-state index in [9.17, 15) is 4.79 Å². The summed E-state index contributed by atoms with van der Waals surface area (Å²) in [5.41, 5.74) is 5.00. The number of aliphatic hydroxyl groups excluding tert-OH is 1. The average molecular weight is 520 g/mol. The van der Waals surface area contributed by atoms with Gasteiger partial charge in [0.25, 0.3) is 0 Å². The number of carbonyl (C=O) groups excluding carboxylic acids is 1. The Morgan fingerprint density at radius 1 is 0.892 bits per heavy atom. The van der Waals surface area contributed by atoms with E-state index in [2.05, 4.69) is 19.4 Å². The fourth-order valence-corrected chi connectivity index (χ4v) is 4.06. The summed E-state index contributed by atoms with van der Waals surface area (Å²) in [5.74, 6) is 1.30. The van der Waals surface area contributed by atoms with Crippen molar-refractivity contribution in [2.24, 2.45) is 0 Å². The van der Waals surface area contributed by atoms with Gasteiger partial charge in [-0.15, -0.1) is 0 Å². The van der Waals surface area contributed by atoms with Gasteiger partial charge < -0.3 is 23.6 Å². The Morgan fingerprint density at radius 2 is 1.43 bits per heavy atom. The van der Waals surface area contributed by atoms with Crippen molar-refractivity contribution in [3.63, 3.8) is 0 Å². The van der Waals surface area contributed by atoms with Crippen LogP contribution in [0.2, 0.25) is 0 Å². The molecule has 0 unspecified atom stereocenters. The van der Waals surface area contributed by atoms with Crippen molar-refractivity contribution < 1.29 is 28.4 Å². The maximum absolute atomic E-state index is 11.4. The monoisotopic (exact) mass is 519 g/mol. The molecular weight excluding hydrogens is 494 g/mol. The Kier molecular flexibility index (Phi) is 8.44.